The normalized spacial score (nSPS) is 29.3. The number of likely N-dealkylation sites (tertiary alicyclic amines) is 1. The molecule has 8 nitrogen and oxygen atoms in total. The Labute approximate surface area is 232 Å². The van der Waals surface area contributed by atoms with Gasteiger partial charge in [0.25, 0.3) is 5.91 Å². The lowest BCUT2D eigenvalue weighted by Gasteiger charge is -2.37. The van der Waals surface area contributed by atoms with Gasteiger partial charge in [-0.3, -0.25) is 14.4 Å². The van der Waals surface area contributed by atoms with E-state index in [9.17, 15) is 19.5 Å². The molecule has 3 saturated heterocycles. The average molecular weight is 590 g/mol. The number of halogens is 1. The first-order valence-electron chi connectivity index (χ1n) is 13.2. The van der Waals surface area contributed by atoms with Gasteiger partial charge in [-0.05, 0) is 50.7 Å². The fourth-order valence-electron chi connectivity index (χ4n) is 6.53. The van der Waals surface area contributed by atoms with Crippen molar-refractivity contribution in [3.05, 3.63) is 54.6 Å². The molecular formula is C29H37BrN2O6. The number of unbranched alkanes of at least 4 members (excludes halogenated alkanes) is 2. The van der Waals surface area contributed by atoms with Gasteiger partial charge in [0.2, 0.25) is 5.91 Å². The van der Waals surface area contributed by atoms with Gasteiger partial charge in [0.15, 0.2) is 0 Å². The number of hydrogen-bond donors (Lipinski definition) is 1. The van der Waals surface area contributed by atoms with Gasteiger partial charge >= 0.3 is 5.97 Å². The molecule has 38 heavy (non-hydrogen) atoms. The summed E-state index contributed by atoms with van der Waals surface area (Å²) < 4.78 is 11.9. The van der Waals surface area contributed by atoms with Crippen LogP contribution in [0.25, 0.3) is 0 Å². The van der Waals surface area contributed by atoms with Gasteiger partial charge in [-0.15, -0.1) is 6.58 Å². The van der Waals surface area contributed by atoms with Crippen LogP contribution in [0.3, 0.4) is 0 Å². The third-order valence-electron chi connectivity index (χ3n) is 7.98. The van der Waals surface area contributed by atoms with Crippen molar-refractivity contribution in [1.82, 2.24) is 4.90 Å². The van der Waals surface area contributed by atoms with Crippen molar-refractivity contribution < 1.29 is 29.0 Å². The van der Waals surface area contributed by atoms with E-state index < -0.39 is 35.6 Å². The van der Waals surface area contributed by atoms with E-state index in [2.05, 4.69) is 29.1 Å². The Morgan fingerprint density at radius 3 is 2.58 bits per heavy atom. The molecule has 3 aliphatic rings. The molecule has 2 amide bonds. The predicted molar refractivity (Wildman–Crippen MR) is 148 cm³/mol. The molecule has 6 atom stereocenters. The summed E-state index contributed by atoms with van der Waals surface area (Å²) in [5, 5.41) is 9.24. The van der Waals surface area contributed by atoms with Crippen LogP contribution in [0.2, 0.25) is 0 Å². The Balaban J connectivity index is 1.78. The maximum absolute atomic E-state index is 14.6. The number of benzene rings is 1. The van der Waals surface area contributed by atoms with Gasteiger partial charge < -0.3 is 24.4 Å². The minimum atomic E-state index is -1.15. The number of para-hydroxylation sites is 1. The molecule has 3 unspecified atom stereocenters. The second kappa shape index (κ2) is 11.7. The summed E-state index contributed by atoms with van der Waals surface area (Å²) in [7, 11) is 0. The van der Waals surface area contributed by atoms with Crippen LogP contribution in [0.1, 0.15) is 36.8 Å². The van der Waals surface area contributed by atoms with Gasteiger partial charge in [0.05, 0.1) is 17.9 Å². The third kappa shape index (κ3) is 4.73. The molecule has 0 aromatic heterocycles. The SMILES string of the molecule is C=CCOC(=O)[C@H]1[C@@H]2OC3(CC2Br)C(C(=O)N(CC=C)c2c(C)cccc2C)N(CCCCCO)C(=O)[C@H]13. The Hall–Kier alpha value is -2.49. The van der Waals surface area contributed by atoms with Gasteiger partial charge in [-0.1, -0.05) is 52.9 Å². The maximum atomic E-state index is 14.6. The third-order valence-corrected chi connectivity index (χ3v) is 8.83. The summed E-state index contributed by atoms with van der Waals surface area (Å²) >= 11 is 3.68. The molecule has 0 aliphatic carbocycles. The highest BCUT2D eigenvalue weighted by atomic mass is 79.9. The monoisotopic (exact) mass is 588 g/mol. The zero-order chi connectivity index (χ0) is 27.6. The highest BCUT2D eigenvalue weighted by molar-refractivity contribution is 9.09. The number of hydrogen-bond acceptors (Lipinski definition) is 6. The molecule has 2 bridgehead atoms. The summed E-state index contributed by atoms with van der Waals surface area (Å²) in [5.74, 6) is -2.64. The highest BCUT2D eigenvalue weighted by Crippen LogP contribution is 2.60. The van der Waals surface area contributed by atoms with E-state index in [1.54, 1.807) is 15.9 Å². The van der Waals surface area contributed by atoms with Crippen LogP contribution in [0.5, 0.6) is 0 Å². The molecule has 3 fully saturated rings. The number of carbonyl (C=O) groups is 3. The largest absolute Gasteiger partial charge is 0.461 e. The molecule has 206 valence electrons. The number of carbonyl (C=O) groups excluding carboxylic acids is 3. The molecule has 1 N–H and O–H groups in total. The first-order valence-corrected chi connectivity index (χ1v) is 14.1. The van der Waals surface area contributed by atoms with Gasteiger partial charge in [0, 0.05) is 30.2 Å². The fourth-order valence-corrected chi connectivity index (χ4v) is 7.47. The van der Waals surface area contributed by atoms with Gasteiger partial charge in [-0.2, -0.15) is 0 Å². The summed E-state index contributed by atoms with van der Waals surface area (Å²) in [6.45, 7) is 12.1. The van der Waals surface area contributed by atoms with Crippen LogP contribution in [-0.2, 0) is 23.9 Å². The van der Waals surface area contributed by atoms with Crippen LogP contribution in [-0.4, -0.2) is 76.7 Å². The minimum Gasteiger partial charge on any atom is -0.461 e. The number of aliphatic hydroxyl groups excluding tert-OH is 1. The van der Waals surface area contributed by atoms with Crippen molar-refractivity contribution >= 4 is 39.4 Å². The van der Waals surface area contributed by atoms with Gasteiger partial charge in [0.1, 0.15) is 18.2 Å². The molecule has 1 aromatic rings. The maximum Gasteiger partial charge on any atom is 0.312 e. The molecule has 1 spiro atoms. The quantitative estimate of drug-likeness (QED) is 0.174. The number of ether oxygens (including phenoxy) is 2. The van der Waals surface area contributed by atoms with E-state index in [0.29, 0.717) is 32.2 Å². The Morgan fingerprint density at radius 1 is 1.24 bits per heavy atom. The molecule has 0 radical (unpaired) electrons. The lowest BCUT2D eigenvalue weighted by atomic mass is 9.70. The van der Waals surface area contributed by atoms with Crippen LogP contribution in [0, 0.1) is 25.7 Å². The first kappa shape index (κ1) is 28.5. The van der Waals surface area contributed by atoms with E-state index in [1.807, 2.05) is 32.0 Å². The second-order valence-electron chi connectivity index (χ2n) is 10.4. The number of esters is 1. The van der Waals surface area contributed by atoms with Crippen LogP contribution < -0.4 is 4.90 Å². The van der Waals surface area contributed by atoms with Crippen LogP contribution in [0.15, 0.2) is 43.5 Å². The summed E-state index contributed by atoms with van der Waals surface area (Å²) in [6.07, 6.45) is 4.97. The molecule has 3 aliphatic heterocycles. The van der Waals surface area contributed by atoms with Crippen molar-refractivity contribution in [2.24, 2.45) is 11.8 Å². The van der Waals surface area contributed by atoms with E-state index in [4.69, 9.17) is 9.47 Å². The lowest BCUT2D eigenvalue weighted by Crippen LogP contribution is -2.57. The smallest absolute Gasteiger partial charge is 0.312 e. The number of rotatable bonds is 12. The molecule has 3 heterocycles. The van der Waals surface area contributed by atoms with E-state index in [1.165, 1.54) is 6.08 Å². The van der Waals surface area contributed by atoms with Crippen molar-refractivity contribution in [2.45, 2.75) is 62.1 Å². The topological polar surface area (TPSA) is 96.4 Å². The van der Waals surface area contributed by atoms with Crippen molar-refractivity contribution in [3.63, 3.8) is 0 Å². The predicted octanol–water partition coefficient (Wildman–Crippen LogP) is 3.46. The number of aliphatic hydroxyl groups is 1. The van der Waals surface area contributed by atoms with Crippen LogP contribution in [0.4, 0.5) is 5.69 Å². The summed E-state index contributed by atoms with van der Waals surface area (Å²) in [6, 6.07) is 4.95. The van der Waals surface area contributed by atoms with E-state index >= 15 is 0 Å². The average Bonchev–Trinajstić information content (AvgIpc) is 3.47. The second-order valence-corrected chi connectivity index (χ2v) is 11.6. The first-order chi connectivity index (χ1) is 18.2. The molecular weight excluding hydrogens is 552 g/mol. The number of amides is 2. The number of anilines is 1. The molecule has 9 heteroatoms. The lowest BCUT2D eigenvalue weighted by molar-refractivity contribution is -0.153. The fraction of sp³-hybridized carbons (Fsp3) is 0.552. The zero-order valence-corrected chi connectivity index (χ0v) is 23.7. The number of aryl methyl sites for hydroxylation is 2. The number of fused-ring (bicyclic) bond motifs is 1. The van der Waals surface area contributed by atoms with Crippen molar-refractivity contribution in [2.75, 3.05) is 31.2 Å². The van der Waals surface area contributed by atoms with E-state index in [-0.39, 0.29) is 36.4 Å². The standard InChI is InChI=1S/C29H37BrN2O6/c1-5-13-31(23-18(3)11-10-12-19(23)4)27(35)25-29-17-20(30)24(38-29)21(28(36)37-16-6-2)22(29)26(34)32(25)14-8-7-9-15-33/h5-6,10-12,20-22,24-25,33H,1-2,7-9,13-17H2,3-4H3/t20?,21-,22+,24-,25?,29?/m1/s1. The minimum absolute atomic E-state index is 0.0375. The summed E-state index contributed by atoms with van der Waals surface area (Å²) in [4.78, 5) is 44.9. The Morgan fingerprint density at radius 2 is 1.95 bits per heavy atom. The van der Waals surface area contributed by atoms with Crippen LogP contribution >= 0.6 is 15.9 Å². The summed E-state index contributed by atoms with van der Waals surface area (Å²) in [5.41, 5.74) is 1.51. The zero-order valence-electron chi connectivity index (χ0n) is 22.1. The Bertz CT molecular complexity index is 1090. The van der Waals surface area contributed by atoms with E-state index in [0.717, 1.165) is 16.8 Å². The van der Waals surface area contributed by atoms with Crippen molar-refractivity contribution in [1.29, 1.82) is 0 Å². The van der Waals surface area contributed by atoms with Gasteiger partial charge in [-0.25, -0.2) is 0 Å². The number of alkyl halides is 1. The Kier molecular flexibility index (Phi) is 8.79. The number of nitrogens with zero attached hydrogens (tertiary/aromatic N) is 2. The molecule has 1 aromatic carbocycles. The molecule has 0 saturated carbocycles. The highest BCUT2D eigenvalue weighted by Gasteiger charge is 2.77. The molecule has 4 rings (SSSR count). The van der Waals surface area contributed by atoms with Crippen molar-refractivity contribution in [3.8, 4) is 0 Å².